The van der Waals surface area contributed by atoms with Crippen molar-refractivity contribution in [2.45, 2.75) is 44.9 Å². The highest BCUT2D eigenvalue weighted by atomic mass is 16.5. The van der Waals surface area contributed by atoms with Crippen LogP contribution < -0.4 is 9.64 Å². The standard InChI is InChI=1S/C24H25NO4/c1-3-15-7-4-5-8-18(15)25-19-9-6-10-21(27)24(19)17(14-23(25)28)16-11-12-20(26)22(13-16)29-2/h4-5,7-8,11-13,17,26H,3,6,9-10,14H2,1-2H3. The average molecular weight is 391 g/mol. The maximum absolute atomic E-state index is 13.3. The summed E-state index contributed by atoms with van der Waals surface area (Å²) in [5.41, 5.74) is 4.35. The first-order valence-corrected chi connectivity index (χ1v) is 10.1. The highest BCUT2D eigenvalue weighted by molar-refractivity contribution is 6.07. The third-order valence-electron chi connectivity index (χ3n) is 5.89. The van der Waals surface area contributed by atoms with Gasteiger partial charge in [0.1, 0.15) is 0 Å². The Balaban J connectivity index is 1.87. The van der Waals surface area contributed by atoms with Gasteiger partial charge < -0.3 is 9.84 Å². The van der Waals surface area contributed by atoms with Gasteiger partial charge in [-0.2, -0.15) is 0 Å². The molecule has 0 spiro atoms. The van der Waals surface area contributed by atoms with Crippen LogP contribution in [0.3, 0.4) is 0 Å². The van der Waals surface area contributed by atoms with Crippen molar-refractivity contribution in [3.05, 3.63) is 64.9 Å². The predicted molar refractivity (Wildman–Crippen MR) is 111 cm³/mol. The summed E-state index contributed by atoms with van der Waals surface area (Å²) in [7, 11) is 1.49. The number of carbonyl (C=O) groups is 2. The molecular weight excluding hydrogens is 366 g/mol. The van der Waals surface area contributed by atoms with E-state index < -0.39 is 0 Å². The fourth-order valence-corrected chi connectivity index (χ4v) is 4.50. The van der Waals surface area contributed by atoms with Gasteiger partial charge in [0.2, 0.25) is 5.91 Å². The first kappa shape index (κ1) is 19.2. The number of aromatic hydroxyl groups is 1. The number of phenolic OH excluding ortho intramolecular Hbond substituents is 1. The zero-order chi connectivity index (χ0) is 20.5. The van der Waals surface area contributed by atoms with Crippen LogP contribution in [0, 0.1) is 0 Å². The van der Waals surface area contributed by atoms with Crippen molar-refractivity contribution in [3.63, 3.8) is 0 Å². The number of allylic oxidation sites excluding steroid dienone is 2. The van der Waals surface area contributed by atoms with E-state index in [1.165, 1.54) is 7.11 Å². The van der Waals surface area contributed by atoms with Crippen LogP contribution in [0.1, 0.15) is 49.7 Å². The summed E-state index contributed by atoms with van der Waals surface area (Å²) < 4.78 is 5.24. The summed E-state index contributed by atoms with van der Waals surface area (Å²) in [4.78, 5) is 28.1. The number of rotatable bonds is 4. The molecule has 2 aromatic carbocycles. The first-order chi connectivity index (χ1) is 14.0. The molecule has 0 saturated carbocycles. The number of benzene rings is 2. The van der Waals surface area contributed by atoms with E-state index in [1.54, 1.807) is 23.1 Å². The fraction of sp³-hybridized carbons (Fsp3) is 0.333. The summed E-state index contributed by atoms with van der Waals surface area (Å²) in [6.45, 7) is 2.07. The van der Waals surface area contributed by atoms with Crippen LogP contribution in [-0.2, 0) is 16.0 Å². The molecule has 5 nitrogen and oxygen atoms in total. The second-order valence-electron chi connectivity index (χ2n) is 7.54. The molecule has 5 heteroatoms. The molecule has 1 heterocycles. The number of ether oxygens (including phenoxy) is 1. The number of methoxy groups -OCH3 is 1. The van der Waals surface area contributed by atoms with Crippen LogP contribution >= 0.6 is 0 Å². The molecule has 1 amide bonds. The Morgan fingerprint density at radius 1 is 1.14 bits per heavy atom. The van der Waals surface area contributed by atoms with Crippen LogP contribution in [0.4, 0.5) is 5.69 Å². The predicted octanol–water partition coefficient (Wildman–Crippen LogP) is 4.49. The molecule has 1 aliphatic carbocycles. The Morgan fingerprint density at radius 2 is 1.93 bits per heavy atom. The normalized spacial score (nSPS) is 19.4. The van der Waals surface area contributed by atoms with Crippen molar-refractivity contribution in [1.82, 2.24) is 0 Å². The summed E-state index contributed by atoms with van der Waals surface area (Å²) in [6.07, 6.45) is 2.99. The lowest BCUT2D eigenvalue weighted by Gasteiger charge is -2.39. The minimum absolute atomic E-state index is 0.00334. The van der Waals surface area contributed by atoms with Crippen molar-refractivity contribution >= 4 is 17.4 Å². The van der Waals surface area contributed by atoms with Crippen LogP contribution in [0.2, 0.25) is 0 Å². The van der Waals surface area contributed by atoms with E-state index in [0.29, 0.717) is 18.6 Å². The number of amides is 1. The van der Waals surface area contributed by atoms with Gasteiger partial charge in [0.05, 0.1) is 12.8 Å². The maximum Gasteiger partial charge on any atom is 0.232 e. The van der Waals surface area contributed by atoms with Gasteiger partial charge in [-0.05, 0) is 48.6 Å². The molecule has 0 bridgehead atoms. The van der Waals surface area contributed by atoms with Crippen molar-refractivity contribution in [2.24, 2.45) is 0 Å². The average Bonchev–Trinajstić information content (AvgIpc) is 2.73. The summed E-state index contributed by atoms with van der Waals surface area (Å²) in [6, 6.07) is 13.0. The minimum Gasteiger partial charge on any atom is -0.504 e. The lowest BCUT2D eigenvalue weighted by Crippen LogP contribution is -2.41. The third-order valence-corrected chi connectivity index (χ3v) is 5.89. The summed E-state index contributed by atoms with van der Waals surface area (Å²) in [5.74, 6) is 0.177. The molecule has 4 rings (SSSR count). The Labute approximate surface area is 170 Å². The zero-order valence-corrected chi connectivity index (χ0v) is 16.8. The second-order valence-corrected chi connectivity index (χ2v) is 7.54. The van der Waals surface area contributed by atoms with Gasteiger partial charge in [0, 0.05) is 30.0 Å². The number of carbonyl (C=O) groups excluding carboxylic acids is 2. The van der Waals surface area contributed by atoms with Crippen molar-refractivity contribution in [1.29, 1.82) is 0 Å². The topological polar surface area (TPSA) is 66.8 Å². The number of aryl methyl sites for hydroxylation is 1. The molecule has 1 atom stereocenters. The van der Waals surface area contributed by atoms with Crippen LogP contribution in [0.15, 0.2) is 53.7 Å². The van der Waals surface area contributed by atoms with Crippen LogP contribution in [0.25, 0.3) is 0 Å². The fourth-order valence-electron chi connectivity index (χ4n) is 4.50. The van der Waals surface area contributed by atoms with Crippen LogP contribution in [0.5, 0.6) is 11.5 Å². The molecule has 1 N–H and O–H groups in total. The Bertz CT molecular complexity index is 1010. The van der Waals surface area contributed by atoms with Gasteiger partial charge in [-0.25, -0.2) is 0 Å². The number of hydrogen-bond acceptors (Lipinski definition) is 4. The largest absolute Gasteiger partial charge is 0.504 e. The number of Topliss-reactive ketones (excluding diaryl/α,β-unsaturated/α-hetero) is 1. The van der Waals surface area contributed by atoms with E-state index in [0.717, 1.165) is 40.9 Å². The van der Waals surface area contributed by atoms with Gasteiger partial charge in [0.25, 0.3) is 0 Å². The molecule has 2 aromatic rings. The monoisotopic (exact) mass is 391 g/mol. The van der Waals surface area contributed by atoms with Gasteiger partial charge in [-0.3, -0.25) is 14.5 Å². The smallest absolute Gasteiger partial charge is 0.232 e. The molecule has 1 aliphatic heterocycles. The van der Waals surface area contributed by atoms with E-state index in [4.69, 9.17) is 4.74 Å². The SMILES string of the molecule is CCc1ccccc1N1C(=O)CC(c2ccc(O)c(OC)c2)C2=C1CCCC2=O. The summed E-state index contributed by atoms with van der Waals surface area (Å²) in [5, 5.41) is 9.94. The molecule has 0 aromatic heterocycles. The molecule has 0 fully saturated rings. The molecule has 0 radical (unpaired) electrons. The minimum atomic E-state index is -0.315. The third kappa shape index (κ3) is 3.31. The second kappa shape index (κ2) is 7.74. The summed E-state index contributed by atoms with van der Waals surface area (Å²) >= 11 is 0. The van der Waals surface area contributed by atoms with Gasteiger partial charge in [-0.1, -0.05) is 31.2 Å². The van der Waals surface area contributed by atoms with Gasteiger partial charge in [-0.15, -0.1) is 0 Å². The number of nitrogens with zero attached hydrogens (tertiary/aromatic N) is 1. The Morgan fingerprint density at radius 3 is 2.69 bits per heavy atom. The van der Waals surface area contributed by atoms with Crippen molar-refractivity contribution in [3.8, 4) is 11.5 Å². The van der Waals surface area contributed by atoms with E-state index in [1.807, 2.05) is 24.3 Å². The highest BCUT2D eigenvalue weighted by Crippen LogP contribution is 2.45. The molecule has 0 saturated heterocycles. The van der Waals surface area contributed by atoms with Crippen LogP contribution in [-0.4, -0.2) is 23.9 Å². The van der Waals surface area contributed by atoms with E-state index in [-0.39, 0.29) is 29.8 Å². The number of hydrogen-bond donors (Lipinski definition) is 1. The van der Waals surface area contributed by atoms with E-state index in [9.17, 15) is 14.7 Å². The number of ketones is 1. The molecular formula is C24H25NO4. The van der Waals surface area contributed by atoms with Gasteiger partial charge in [0.15, 0.2) is 17.3 Å². The lowest BCUT2D eigenvalue weighted by atomic mass is 9.77. The van der Waals surface area contributed by atoms with Crippen molar-refractivity contribution < 1.29 is 19.4 Å². The zero-order valence-electron chi connectivity index (χ0n) is 16.8. The van der Waals surface area contributed by atoms with Gasteiger partial charge >= 0.3 is 0 Å². The van der Waals surface area contributed by atoms with Crippen molar-refractivity contribution in [2.75, 3.05) is 12.0 Å². The Kier molecular flexibility index (Phi) is 5.14. The Hall–Kier alpha value is -3.08. The molecule has 2 aliphatic rings. The molecule has 150 valence electrons. The quantitative estimate of drug-likeness (QED) is 0.834. The first-order valence-electron chi connectivity index (χ1n) is 10.1. The number of phenols is 1. The van der Waals surface area contributed by atoms with E-state index >= 15 is 0 Å². The number of para-hydroxylation sites is 1. The van der Waals surface area contributed by atoms with E-state index in [2.05, 4.69) is 6.92 Å². The molecule has 1 unspecified atom stereocenters. The molecule has 29 heavy (non-hydrogen) atoms. The highest BCUT2D eigenvalue weighted by Gasteiger charge is 2.40. The number of anilines is 1. The lowest BCUT2D eigenvalue weighted by molar-refractivity contribution is -0.119. The maximum atomic E-state index is 13.3.